The summed E-state index contributed by atoms with van der Waals surface area (Å²) in [6.45, 7) is 3.76. The van der Waals surface area contributed by atoms with Gasteiger partial charge in [0, 0.05) is 11.8 Å². The zero-order chi connectivity index (χ0) is 20.4. The summed E-state index contributed by atoms with van der Waals surface area (Å²) >= 11 is 0. The van der Waals surface area contributed by atoms with E-state index in [9.17, 15) is 9.90 Å². The van der Waals surface area contributed by atoms with Crippen LogP contribution in [-0.2, 0) is 4.79 Å². The van der Waals surface area contributed by atoms with E-state index in [2.05, 4.69) is 10.3 Å². The van der Waals surface area contributed by atoms with Crippen LogP contribution in [0.2, 0.25) is 0 Å². The first-order chi connectivity index (χ1) is 14.0. The van der Waals surface area contributed by atoms with Gasteiger partial charge in [-0.1, -0.05) is 24.3 Å². The lowest BCUT2D eigenvalue weighted by Gasteiger charge is -2.10. The lowest BCUT2D eigenvalue weighted by molar-refractivity contribution is -0.118. The van der Waals surface area contributed by atoms with Gasteiger partial charge in [0.25, 0.3) is 5.91 Å². The summed E-state index contributed by atoms with van der Waals surface area (Å²) < 4.78 is 11.3. The van der Waals surface area contributed by atoms with Crippen LogP contribution >= 0.6 is 0 Å². The highest BCUT2D eigenvalue weighted by Crippen LogP contribution is 2.33. The number of rotatable bonds is 5. The van der Waals surface area contributed by atoms with Crippen molar-refractivity contribution in [2.45, 2.75) is 13.8 Å². The van der Waals surface area contributed by atoms with Crippen LogP contribution in [0.25, 0.3) is 22.6 Å². The standard InChI is InChI=1S/C23H20N2O4/c1-14-7-10-21-18(11-14)25-23(29-21)17-9-8-16(12-19(17)26)24-22(27)13-28-20-6-4-3-5-15(20)2/h3-12,26H,13H2,1-2H3,(H,24,27). The van der Waals surface area contributed by atoms with Gasteiger partial charge in [-0.05, 0) is 55.3 Å². The van der Waals surface area contributed by atoms with Crippen LogP contribution in [0, 0.1) is 13.8 Å². The average molecular weight is 388 g/mol. The van der Waals surface area contributed by atoms with Gasteiger partial charge >= 0.3 is 0 Å². The van der Waals surface area contributed by atoms with E-state index >= 15 is 0 Å². The number of anilines is 1. The Hall–Kier alpha value is -3.80. The molecule has 0 aliphatic rings. The van der Waals surface area contributed by atoms with E-state index in [1.807, 2.05) is 56.3 Å². The highest BCUT2D eigenvalue weighted by atomic mass is 16.5. The number of fused-ring (bicyclic) bond motifs is 1. The maximum Gasteiger partial charge on any atom is 0.262 e. The van der Waals surface area contributed by atoms with Crippen LogP contribution in [0.5, 0.6) is 11.5 Å². The molecule has 0 fully saturated rings. The quantitative estimate of drug-likeness (QED) is 0.511. The molecule has 0 atom stereocenters. The van der Waals surface area contributed by atoms with Gasteiger partial charge in [0.15, 0.2) is 12.2 Å². The fraction of sp³-hybridized carbons (Fsp3) is 0.130. The Morgan fingerprint density at radius 3 is 2.72 bits per heavy atom. The number of amides is 1. The van der Waals surface area contributed by atoms with Crippen LogP contribution in [0.1, 0.15) is 11.1 Å². The molecule has 0 unspecified atom stereocenters. The second-order valence-corrected chi connectivity index (χ2v) is 6.82. The molecule has 1 amide bonds. The summed E-state index contributed by atoms with van der Waals surface area (Å²) in [6, 6.07) is 18.0. The molecule has 0 radical (unpaired) electrons. The van der Waals surface area contributed by atoms with Crippen LogP contribution in [0.15, 0.2) is 65.1 Å². The SMILES string of the molecule is Cc1ccc2oc(-c3ccc(NC(=O)COc4ccccc4C)cc3O)nc2c1. The maximum atomic E-state index is 12.2. The topological polar surface area (TPSA) is 84.6 Å². The van der Waals surface area contributed by atoms with Crippen molar-refractivity contribution in [1.82, 2.24) is 4.98 Å². The number of nitrogens with one attached hydrogen (secondary N) is 1. The Morgan fingerprint density at radius 2 is 1.93 bits per heavy atom. The van der Waals surface area contributed by atoms with Gasteiger partial charge in [0.1, 0.15) is 17.0 Å². The molecule has 3 aromatic carbocycles. The molecule has 4 rings (SSSR count). The fourth-order valence-corrected chi connectivity index (χ4v) is 3.00. The van der Waals surface area contributed by atoms with Crippen molar-refractivity contribution < 1.29 is 19.1 Å². The lowest BCUT2D eigenvalue weighted by atomic mass is 10.2. The summed E-state index contributed by atoms with van der Waals surface area (Å²) in [4.78, 5) is 16.6. The largest absolute Gasteiger partial charge is 0.507 e. The highest BCUT2D eigenvalue weighted by molar-refractivity contribution is 5.92. The predicted octanol–water partition coefficient (Wildman–Crippen LogP) is 4.83. The van der Waals surface area contributed by atoms with E-state index in [4.69, 9.17) is 9.15 Å². The summed E-state index contributed by atoms with van der Waals surface area (Å²) in [7, 11) is 0. The molecule has 29 heavy (non-hydrogen) atoms. The minimum atomic E-state index is -0.322. The van der Waals surface area contributed by atoms with Crippen molar-refractivity contribution in [3.63, 3.8) is 0 Å². The van der Waals surface area contributed by atoms with E-state index in [-0.39, 0.29) is 18.3 Å². The highest BCUT2D eigenvalue weighted by Gasteiger charge is 2.14. The Morgan fingerprint density at radius 1 is 1.10 bits per heavy atom. The van der Waals surface area contributed by atoms with Gasteiger partial charge in [0.2, 0.25) is 5.89 Å². The molecule has 146 valence electrons. The third-order valence-corrected chi connectivity index (χ3v) is 4.51. The third-order valence-electron chi connectivity index (χ3n) is 4.51. The Kier molecular flexibility index (Phi) is 4.91. The molecule has 0 aliphatic heterocycles. The zero-order valence-corrected chi connectivity index (χ0v) is 16.1. The molecule has 0 saturated heterocycles. The first-order valence-electron chi connectivity index (χ1n) is 9.18. The van der Waals surface area contributed by atoms with Crippen molar-refractivity contribution in [3.8, 4) is 23.0 Å². The first kappa shape index (κ1) is 18.6. The summed E-state index contributed by atoms with van der Waals surface area (Å²) in [5, 5.41) is 13.1. The molecular weight excluding hydrogens is 368 g/mol. The van der Waals surface area contributed by atoms with Crippen molar-refractivity contribution in [1.29, 1.82) is 0 Å². The number of nitrogens with zero attached hydrogens (tertiary/aromatic N) is 1. The molecule has 1 aromatic heterocycles. The number of benzene rings is 3. The summed E-state index contributed by atoms with van der Waals surface area (Å²) in [5.41, 5.74) is 4.31. The Balaban J connectivity index is 1.46. The van der Waals surface area contributed by atoms with Gasteiger partial charge in [-0.2, -0.15) is 0 Å². The second kappa shape index (κ2) is 7.67. The number of oxazole rings is 1. The summed E-state index contributed by atoms with van der Waals surface area (Å²) in [6.07, 6.45) is 0. The fourth-order valence-electron chi connectivity index (χ4n) is 3.00. The number of ether oxygens (including phenoxy) is 1. The number of phenolic OH excluding ortho intramolecular Hbond substituents is 1. The Bertz CT molecular complexity index is 1200. The molecule has 0 saturated carbocycles. The van der Waals surface area contributed by atoms with Crippen molar-refractivity contribution >= 4 is 22.7 Å². The summed E-state index contributed by atoms with van der Waals surface area (Å²) in [5.74, 6) is 0.625. The number of hydrogen-bond acceptors (Lipinski definition) is 5. The number of aromatic hydroxyl groups is 1. The number of carbonyl (C=O) groups is 1. The minimum Gasteiger partial charge on any atom is -0.507 e. The monoisotopic (exact) mass is 388 g/mol. The van der Waals surface area contributed by atoms with Crippen molar-refractivity contribution in [3.05, 3.63) is 71.8 Å². The van der Waals surface area contributed by atoms with Gasteiger partial charge in [-0.25, -0.2) is 4.98 Å². The molecule has 0 aliphatic carbocycles. The van der Waals surface area contributed by atoms with Gasteiger partial charge < -0.3 is 19.6 Å². The van der Waals surface area contributed by atoms with Gasteiger partial charge in [0.05, 0.1) is 5.56 Å². The number of hydrogen-bond donors (Lipinski definition) is 2. The van der Waals surface area contributed by atoms with E-state index in [1.165, 1.54) is 6.07 Å². The molecule has 4 aromatic rings. The maximum absolute atomic E-state index is 12.2. The van der Waals surface area contributed by atoms with Crippen LogP contribution in [0.4, 0.5) is 5.69 Å². The van der Waals surface area contributed by atoms with Crippen molar-refractivity contribution in [2.75, 3.05) is 11.9 Å². The number of aryl methyl sites for hydroxylation is 2. The number of para-hydroxylation sites is 1. The average Bonchev–Trinajstić information content (AvgIpc) is 3.10. The first-order valence-corrected chi connectivity index (χ1v) is 9.18. The van der Waals surface area contributed by atoms with Crippen LogP contribution in [-0.4, -0.2) is 22.6 Å². The normalized spacial score (nSPS) is 10.8. The number of phenols is 1. The molecule has 6 heteroatoms. The predicted molar refractivity (Wildman–Crippen MR) is 111 cm³/mol. The second-order valence-electron chi connectivity index (χ2n) is 6.82. The van der Waals surface area contributed by atoms with E-state index < -0.39 is 0 Å². The van der Waals surface area contributed by atoms with E-state index in [0.717, 1.165) is 16.6 Å². The number of aromatic nitrogens is 1. The molecule has 6 nitrogen and oxygen atoms in total. The molecule has 0 bridgehead atoms. The third kappa shape index (κ3) is 4.06. The minimum absolute atomic E-state index is 0.0362. The van der Waals surface area contributed by atoms with E-state index in [0.29, 0.717) is 28.5 Å². The van der Waals surface area contributed by atoms with Crippen LogP contribution in [0.3, 0.4) is 0 Å². The van der Waals surface area contributed by atoms with Crippen molar-refractivity contribution in [2.24, 2.45) is 0 Å². The van der Waals surface area contributed by atoms with Gasteiger partial charge in [-0.15, -0.1) is 0 Å². The molecule has 0 spiro atoms. The Labute approximate surface area is 167 Å². The lowest BCUT2D eigenvalue weighted by Crippen LogP contribution is -2.20. The zero-order valence-electron chi connectivity index (χ0n) is 16.1. The molecule has 2 N–H and O–H groups in total. The van der Waals surface area contributed by atoms with Gasteiger partial charge in [-0.3, -0.25) is 4.79 Å². The van der Waals surface area contributed by atoms with Crippen LogP contribution < -0.4 is 10.1 Å². The molecule has 1 heterocycles. The number of carbonyl (C=O) groups excluding carboxylic acids is 1. The molecular formula is C23H20N2O4. The van der Waals surface area contributed by atoms with E-state index in [1.54, 1.807) is 12.1 Å². The smallest absolute Gasteiger partial charge is 0.262 e.